The topological polar surface area (TPSA) is 58.2 Å². The number of halogens is 10. The van der Waals surface area contributed by atoms with Gasteiger partial charge in [-0.2, -0.15) is 22.0 Å². The van der Waals surface area contributed by atoms with Gasteiger partial charge in [-0.15, -0.1) is 23.2 Å². The van der Waals surface area contributed by atoms with Crippen molar-refractivity contribution < 1.29 is 35.9 Å². The molecule has 3 rings (SSSR count). The third kappa shape index (κ3) is 5.82. The van der Waals surface area contributed by atoms with Gasteiger partial charge in [-0.3, -0.25) is 9.59 Å². The molecule has 0 aromatic heterocycles. The van der Waals surface area contributed by atoms with Crippen molar-refractivity contribution in [3.05, 3.63) is 62.9 Å². The zero-order chi connectivity index (χ0) is 27.2. The molecule has 2 N–H and O–H groups in total. The van der Waals surface area contributed by atoms with Crippen molar-refractivity contribution in [2.45, 2.75) is 29.3 Å². The molecule has 1 saturated carbocycles. The fraction of sp³-hybridized carbons (Fsp3) is 0.364. The Morgan fingerprint density at radius 3 is 2.28 bits per heavy atom. The Morgan fingerprint density at radius 1 is 1.06 bits per heavy atom. The van der Waals surface area contributed by atoms with Crippen LogP contribution in [0.25, 0.3) is 0 Å². The van der Waals surface area contributed by atoms with Crippen LogP contribution in [0.2, 0.25) is 10.0 Å². The number of nitrogens with one attached hydrogen (secondary N) is 2. The van der Waals surface area contributed by atoms with Crippen molar-refractivity contribution in [2.75, 3.05) is 18.4 Å². The van der Waals surface area contributed by atoms with E-state index < -0.39 is 52.3 Å². The summed E-state index contributed by atoms with van der Waals surface area (Å²) in [5.74, 6) is -9.02. The normalized spacial score (nSPS) is 19.1. The number of amides is 1. The van der Waals surface area contributed by atoms with Crippen LogP contribution in [-0.2, 0) is 4.79 Å². The van der Waals surface area contributed by atoms with Gasteiger partial charge in [-0.05, 0) is 42.3 Å². The fourth-order valence-electron chi connectivity index (χ4n) is 3.57. The predicted octanol–water partition coefficient (Wildman–Crippen LogP) is 6.94. The number of aryl methyl sites for hydroxylation is 1. The molecule has 0 saturated heterocycles. The van der Waals surface area contributed by atoms with Crippen molar-refractivity contribution in [2.24, 2.45) is 5.92 Å². The molecule has 196 valence electrons. The molecule has 14 heteroatoms. The first-order valence-electron chi connectivity index (χ1n) is 10.1. The molecule has 2 aromatic carbocycles. The summed E-state index contributed by atoms with van der Waals surface area (Å²) < 4.78 is 75.3. The molecule has 0 bridgehead atoms. The van der Waals surface area contributed by atoms with E-state index in [1.165, 1.54) is 30.4 Å². The molecule has 0 spiro atoms. The van der Waals surface area contributed by atoms with Crippen molar-refractivity contribution >= 4 is 63.8 Å². The predicted molar refractivity (Wildman–Crippen MR) is 125 cm³/mol. The van der Waals surface area contributed by atoms with Gasteiger partial charge in [0.25, 0.3) is 5.91 Å². The number of benzene rings is 2. The minimum absolute atomic E-state index is 0.162. The van der Waals surface area contributed by atoms with Gasteiger partial charge in [0.1, 0.15) is 10.2 Å². The summed E-state index contributed by atoms with van der Waals surface area (Å²) in [6.45, 7) is -0.843. The largest absolute Gasteiger partial charge is 0.455 e. The Balaban J connectivity index is 1.70. The first-order valence-corrected chi connectivity index (χ1v) is 11.6. The first-order chi connectivity index (χ1) is 16.5. The summed E-state index contributed by atoms with van der Waals surface area (Å²) in [5, 5.41) is 3.92. The van der Waals surface area contributed by atoms with Crippen LogP contribution in [0.1, 0.15) is 27.4 Å². The quantitative estimate of drug-likeness (QED) is 0.257. The smallest absolute Gasteiger partial charge is 0.378 e. The van der Waals surface area contributed by atoms with E-state index in [0.29, 0.717) is 5.56 Å². The number of hydrogen-bond donors (Lipinski definition) is 2. The molecule has 0 radical (unpaired) electrons. The maximum atomic E-state index is 13.4. The first kappa shape index (κ1) is 28.7. The lowest BCUT2D eigenvalue weighted by Gasteiger charge is -2.20. The van der Waals surface area contributed by atoms with Crippen LogP contribution in [0.3, 0.4) is 0 Å². The van der Waals surface area contributed by atoms with Crippen LogP contribution in [0.15, 0.2) is 30.3 Å². The van der Waals surface area contributed by atoms with E-state index in [1.807, 2.05) is 0 Å². The lowest BCUT2D eigenvalue weighted by molar-refractivity contribution is -0.278. The van der Waals surface area contributed by atoms with Crippen LogP contribution in [0, 0.1) is 18.7 Å². The third-order valence-corrected chi connectivity index (χ3v) is 7.29. The summed E-state index contributed by atoms with van der Waals surface area (Å²) >= 11 is 24.3. The van der Waals surface area contributed by atoms with E-state index in [9.17, 15) is 35.9 Å². The van der Waals surface area contributed by atoms with Gasteiger partial charge in [0.05, 0.1) is 34.6 Å². The monoisotopic (exact) mass is 594 g/mol. The molecule has 2 unspecified atom stereocenters. The highest BCUT2D eigenvalue weighted by molar-refractivity contribution is 6.53. The van der Waals surface area contributed by atoms with E-state index in [0.717, 1.165) is 12.1 Å². The summed E-state index contributed by atoms with van der Waals surface area (Å²) in [6, 6.07) is 6.38. The van der Waals surface area contributed by atoms with Crippen molar-refractivity contribution in [3.63, 3.8) is 0 Å². The van der Waals surface area contributed by atoms with Crippen molar-refractivity contribution in [1.29, 1.82) is 0 Å². The Bertz CT molecular complexity index is 1210. The molecule has 0 heterocycles. The van der Waals surface area contributed by atoms with Crippen LogP contribution in [0.5, 0.6) is 0 Å². The Labute approximate surface area is 221 Å². The van der Waals surface area contributed by atoms with Gasteiger partial charge >= 0.3 is 12.1 Å². The SMILES string of the molecule is Cc1cc(NCC(=O)C2C(c3ccc(F)c(Cl)c3)C2(Cl)Cl)cc(C(=O)NCC(F)(F)C(F)(F)F)c1Cl. The van der Waals surface area contributed by atoms with Gasteiger partial charge in [0.2, 0.25) is 0 Å². The number of alkyl halides is 7. The molecule has 2 aromatic rings. The van der Waals surface area contributed by atoms with Gasteiger partial charge < -0.3 is 10.6 Å². The highest BCUT2D eigenvalue weighted by atomic mass is 35.5. The van der Waals surface area contributed by atoms with Crippen molar-refractivity contribution in [1.82, 2.24) is 5.32 Å². The Morgan fingerprint density at radius 2 is 1.69 bits per heavy atom. The highest BCUT2D eigenvalue weighted by Crippen LogP contribution is 2.65. The minimum Gasteiger partial charge on any atom is -0.378 e. The number of carbonyl (C=O) groups is 2. The zero-order valence-electron chi connectivity index (χ0n) is 18.1. The van der Waals surface area contributed by atoms with Crippen molar-refractivity contribution in [3.8, 4) is 0 Å². The van der Waals surface area contributed by atoms with E-state index in [4.69, 9.17) is 46.4 Å². The zero-order valence-corrected chi connectivity index (χ0v) is 21.1. The molecule has 2 atom stereocenters. The third-order valence-electron chi connectivity index (χ3n) is 5.55. The number of carbonyl (C=O) groups excluding carboxylic acids is 2. The van der Waals surface area contributed by atoms with Crippen LogP contribution in [-0.4, -0.2) is 41.2 Å². The van der Waals surface area contributed by atoms with Gasteiger partial charge in [-0.1, -0.05) is 29.3 Å². The maximum absolute atomic E-state index is 13.4. The highest BCUT2D eigenvalue weighted by Gasteiger charge is 2.67. The Kier molecular flexibility index (Phi) is 8.06. The van der Waals surface area contributed by atoms with Crippen LogP contribution in [0.4, 0.5) is 32.0 Å². The van der Waals surface area contributed by atoms with Gasteiger partial charge in [-0.25, -0.2) is 4.39 Å². The van der Waals surface area contributed by atoms with Gasteiger partial charge in [0, 0.05) is 11.6 Å². The molecule has 4 nitrogen and oxygen atoms in total. The number of ketones is 1. The van der Waals surface area contributed by atoms with E-state index in [2.05, 4.69) is 5.32 Å². The lowest BCUT2D eigenvalue weighted by atomic mass is 10.1. The molecule has 36 heavy (non-hydrogen) atoms. The second-order valence-corrected chi connectivity index (χ2v) is 10.4. The molecule has 0 aliphatic heterocycles. The van der Waals surface area contributed by atoms with E-state index in [1.54, 1.807) is 0 Å². The molecule has 1 aliphatic rings. The molecule has 1 amide bonds. The molecule has 1 aliphatic carbocycles. The molecular weight excluding hydrogens is 580 g/mol. The maximum Gasteiger partial charge on any atom is 0.455 e. The summed E-state index contributed by atoms with van der Waals surface area (Å²) in [4.78, 5) is 25.0. The summed E-state index contributed by atoms with van der Waals surface area (Å²) in [6.07, 6.45) is -5.84. The fourth-order valence-corrected chi connectivity index (χ4v) is 4.83. The summed E-state index contributed by atoms with van der Waals surface area (Å²) in [7, 11) is 0. The Hall–Kier alpha value is -1.88. The van der Waals surface area contributed by atoms with E-state index in [-0.39, 0.29) is 33.4 Å². The number of rotatable bonds is 8. The average Bonchev–Trinajstić information content (AvgIpc) is 3.35. The minimum atomic E-state index is -5.84. The summed E-state index contributed by atoms with van der Waals surface area (Å²) in [5.41, 5.74) is 0.534. The molecule has 1 fully saturated rings. The van der Waals surface area contributed by atoms with Crippen LogP contribution >= 0.6 is 46.4 Å². The van der Waals surface area contributed by atoms with Gasteiger partial charge in [0.15, 0.2) is 5.78 Å². The average molecular weight is 596 g/mol. The second kappa shape index (κ2) is 10.1. The second-order valence-electron chi connectivity index (χ2n) is 8.16. The lowest BCUT2D eigenvalue weighted by Crippen LogP contribution is -2.46. The number of anilines is 1. The van der Waals surface area contributed by atoms with Crippen LogP contribution < -0.4 is 10.6 Å². The molecular formula is C22H16Cl4F6N2O2. The number of hydrogen-bond acceptors (Lipinski definition) is 3. The standard InChI is InChI=1S/C22H16Cl4F6N2O2/c1-9-4-11(6-12(18(9)24)19(36)34-8-20(28,29)22(30,31)32)33-7-15(35)17-16(21(17,25)26)10-2-3-14(27)13(23)5-10/h2-6,16-17,33H,7-8H2,1H3,(H,34,36). The number of Topliss-reactive ketones (excluding diaryl/α,β-unsaturated/α-hetero) is 1. The van der Waals surface area contributed by atoms with E-state index >= 15 is 0 Å².